The highest BCUT2D eigenvalue weighted by Crippen LogP contribution is 2.31. The van der Waals surface area contributed by atoms with Crippen LogP contribution in [-0.4, -0.2) is 35.5 Å². The average Bonchev–Trinajstić information content (AvgIpc) is 2.08. The van der Waals surface area contributed by atoms with E-state index >= 15 is 0 Å². The van der Waals surface area contributed by atoms with E-state index in [1.807, 2.05) is 0 Å². The highest BCUT2D eigenvalue weighted by atomic mass is 19.4. The Morgan fingerprint density at radius 3 is 1.83 bits per heavy atom. The van der Waals surface area contributed by atoms with Crippen molar-refractivity contribution in [3.63, 3.8) is 0 Å². The number of esters is 1. The number of hydrogen-bond donors (Lipinski definition) is 1. The van der Waals surface area contributed by atoms with Gasteiger partial charge in [-0.15, -0.1) is 0 Å². The van der Waals surface area contributed by atoms with Crippen LogP contribution in [0, 0.1) is 0 Å². The molecule has 0 aromatic rings. The van der Waals surface area contributed by atoms with E-state index in [-0.39, 0.29) is 12.2 Å². The van der Waals surface area contributed by atoms with Crippen LogP contribution in [0.25, 0.3) is 0 Å². The summed E-state index contributed by atoms with van der Waals surface area (Å²) in [5.74, 6) is -2.38. The molecule has 0 bridgehead atoms. The molecule has 0 aromatic carbocycles. The van der Waals surface area contributed by atoms with Gasteiger partial charge in [0.2, 0.25) is 6.10 Å². The van der Waals surface area contributed by atoms with Gasteiger partial charge in [0, 0.05) is 12.2 Å². The third kappa shape index (κ3) is 7.52. The molecule has 10 heteroatoms. The molecule has 104 valence electrons. The molecule has 0 spiro atoms. The lowest BCUT2D eigenvalue weighted by Gasteiger charge is -2.26. The standard InChI is InChI=1S/2C4H3F3O2/c5-4(6,7)2-1-3(8)9-2;5-4(6,7)2-1-3(8)9/h2H,1H2;1-2H,(H,8,9). The zero-order chi connectivity index (χ0) is 14.6. The van der Waals surface area contributed by atoms with E-state index in [9.17, 15) is 35.9 Å². The molecule has 1 saturated heterocycles. The summed E-state index contributed by atoms with van der Waals surface area (Å²) in [6.07, 6.45) is -11.6. The first-order chi connectivity index (χ1) is 7.92. The first-order valence-electron chi connectivity index (χ1n) is 4.17. The van der Waals surface area contributed by atoms with E-state index < -0.39 is 36.8 Å². The van der Waals surface area contributed by atoms with Crippen molar-refractivity contribution in [1.82, 2.24) is 0 Å². The first kappa shape index (κ1) is 16.3. The minimum Gasteiger partial charge on any atom is -0.478 e. The van der Waals surface area contributed by atoms with Crippen molar-refractivity contribution < 1.29 is 45.8 Å². The van der Waals surface area contributed by atoms with Crippen molar-refractivity contribution in [3.05, 3.63) is 12.2 Å². The normalized spacial score (nSPS) is 19.7. The van der Waals surface area contributed by atoms with Gasteiger partial charge in [-0.25, -0.2) is 4.79 Å². The Morgan fingerprint density at radius 2 is 1.72 bits per heavy atom. The van der Waals surface area contributed by atoms with Crippen LogP contribution in [0.3, 0.4) is 0 Å². The summed E-state index contributed by atoms with van der Waals surface area (Å²) in [6, 6.07) is 0. The van der Waals surface area contributed by atoms with E-state index in [1.165, 1.54) is 0 Å². The number of carboxylic acid groups (broad SMARTS) is 1. The molecule has 0 aliphatic carbocycles. The zero-order valence-corrected chi connectivity index (χ0v) is 8.38. The molecule has 18 heavy (non-hydrogen) atoms. The monoisotopic (exact) mass is 280 g/mol. The van der Waals surface area contributed by atoms with Crippen LogP contribution < -0.4 is 0 Å². The van der Waals surface area contributed by atoms with Gasteiger partial charge in [-0.2, -0.15) is 26.3 Å². The second kappa shape index (κ2) is 5.74. The molecule has 1 aliphatic rings. The van der Waals surface area contributed by atoms with Crippen molar-refractivity contribution in [2.24, 2.45) is 0 Å². The number of aliphatic carboxylic acids is 1. The summed E-state index contributed by atoms with van der Waals surface area (Å²) in [7, 11) is 0. The fraction of sp³-hybridized carbons (Fsp3) is 0.500. The number of carbonyl (C=O) groups excluding carboxylic acids is 1. The number of carboxylic acids is 1. The molecule has 1 aliphatic heterocycles. The van der Waals surface area contributed by atoms with Crippen LogP contribution in [0.2, 0.25) is 0 Å². The fourth-order valence-corrected chi connectivity index (χ4v) is 0.649. The number of alkyl halides is 6. The summed E-state index contributed by atoms with van der Waals surface area (Å²) in [6.45, 7) is 0. The van der Waals surface area contributed by atoms with Crippen LogP contribution in [-0.2, 0) is 14.3 Å². The number of hydrogen-bond acceptors (Lipinski definition) is 3. The second-order valence-corrected chi connectivity index (χ2v) is 2.94. The van der Waals surface area contributed by atoms with Crippen molar-refractivity contribution in [3.8, 4) is 0 Å². The number of carbonyl (C=O) groups is 2. The number of cyclic esters (lactones) is 1. The number of halogens is 6. The number of allylic oxidation sites excluding steroid dienone is 1. The van der Waals surface area contributed by atoms with Crippen LogP contribution >= 0.6 is 0 Å². The molecule has 0 aromatic heterocycles. The molecule has 0 radical (unpaired) electrons. The minimum absolute atomic E-state index is 0.0417. The Bertz CT molecular complexity index is 334. The van der Waals surface area contributed by atoms with Gasteiger partial charge in [-0.3, -0.25) is 4.79 Å². The summed E-state index contributed by atoms with van der Waals surface area (Å²) in [5.41, 5.74) is 0. The topological polar surface area (TPSA) is 63.6 Å². The highest BCUT2D eigenvalue weighted by Gasteiger charge is 2.50. The molecule has 1 rings (SSSR count). The lowest BCUT2D eigenvalue weighted by Crippen LogP contribution is -2.44. The van der Waals surface area contributed by atoms with E-state index in [0.717, 1.165) is 0 Å². The predicted molar refractivity (Wildman–Crippen MR) is 43.4 cm³/mol. The van der Waals surface area contributed by atoms with Crippen molar-refractivity contribution in [1.29, 1.82) is 0 Å². The molecule has 1 unspecified atom stereocenters. The minimum atomic E-state index is -4.53. The summed E-state index contributed by atoms with van der Waals surface area (Å²) in [5, 5.41) is 7.69. The van der Waals surface area contributed by atoms with Crippen LogP contribution in [0.4, 0.5) is 26.3 Å². The van der Waals surface area contributed by atoms with E-state index in [2.05, 4.69) is 4.74 Å². The van der Waals surface area contributed by atoms with Gasteiger partial charge in [0.25, 0.3) is 0 Å². The Balaban J connectivity index is 0.000000321. The van der Waals surface area contributed by atoms with Crippen LogP contribution in [0.5, 0.6) is 0 Å². The largest absolute Gasteiger partial charge is 0.478 e. The molecule has 1 N–H and O–H groups in total. The van der Waals surface area contributed by atoms with Gasteiger partial charge in [-0.05, 0) is 0 Å². The first-order valence-corrected chi connectivity index (χ1v) is 4.17. The molecule has 0 saturated carbocycles. The Morgan fingerprint density at radius 1 is 1.28 bits per heavy atom. The predicted octanol–water partition coefficient (Wildman–Crippen LogP) is 2.05. The lowest BCUT2D eigenvalue weighted by molar-refractivity contribution is -0.250. The molecular weight excluding hydrogens is 274 g/mol. The Hall–Kier alpha value is -1.74. The van der Waals surface area contributed by atoms with Gasteiger partial charge in [-0.1, -0.05) is 0 Å². The van der Waals surface area contributed by atoms with Crippen molar-refractivity contribution in [2.45, 2.75) is 24.9 Å². The summed E-state index contributed by atoms with van der Waals surface area (Å²) < 4.78 is 71.1. The average molecular weight is 280 g/mol. The quantitative estimate of drug-likeness (QED) is 0.453. The van der Waals surface area contributed by atoms with E-state index in [0.29, 0.717) is 0 Å². The molecular formula is C8H6F6O4. The van der Waals surface area contributed by atoms with Gasteiger partial charge in [0.15, 0.2) is 0 Å². The van der Waals surface area contributed by atoms with Gasteiger partial charge < -0.3 is 9.84 Å². The summed E-state index contributed by atoms with van der Waals surface area (Å²) in [4.78, 5) is 19.3. The number of ether oxygens (including phenoxy) is 1. The Kier molecular flexibility index (Phi) is 5.18. The second-order valence-electron chi connectivity index (χ2n) is 2.94. The Labute approximate surface area is 95.8 Å². The highest BCUT2D eigenvalue weighted by molar-refractivity contribution is 5.79. The zero-order valence-electron chi connectivity index (χ0n) is 8.38. The van der Waals surface area contributed by atoms with Crippen LogP contribution in [0.15, 0.2) is 12.2 Å². The van der Waals surface area contributed by atoms with Gasteiger partial charge in [0.05, 0.1) is 6.42 Å². The smallest absolute Gasteiger partial charge is 0.426 e. The van der Waals surface area contributed by atoms with Crippen molar-refractivity contribution >= 4 is 11.9 Å². The molecule has 4 nitrogen and oxygen atoms in total. The molecule has 1 fully saturated rings. The molecule has 0 amide bonds. The summed E-state index contributed by atoms with van der Waals surface area (Å²) >= 11 is 0. The molecule has 1 atom stereocenters. The SMILES string of the molecule is O=C(O)C=CC(F)(F)F.O=C1CC(C(F)(F)F)O1. The van der Waals surface area contributed by atoms with Gasteiger partial charge >= 0.3 is 24.3 Å². The third-order valence-corrected chi connectivity index (χ3v) is 1.41. The maximum Gasteiger partial charge on any atom is 0.426 e. The maximum absolute atomic E-state index is 11.4. The number of rotatable bonds is 1. The van der Waals surface area contributed by atoms with Crippen LogP contribution in [0.1, 0.15) is 6.42 Å². The third-order valence-electron chi connectivity index (χ3n) is 1.41. The fourth-order valence-electron chi connectivity index (χ4n) is 0.649. The van der Waals surface area contributed by atoms with E-state index in [1.54, 1.807) is 0 Å². The van der Waals surface area contributed by atoms with E-state index in [4.69, 9.17) is 5.11 Å². The lowest BCUT2D eigenvalue weighted by atomic mass is 10.2. The van der Waals surface area contributed by atoms with Gasteiger partial charge in [0.1, 0.15) is 0 Å². The van der Waals surface area contributed by atoms with Crippen molar-refractivity contribution in [2.75, 3.05) is 0 Å². The molecule has 1 heterocycles. The maximum atomic E-state index is 11.4.